The molecule has 0 spiro atoms. The molecule has 0 saturated heterocycles. The van der Waals surface area contributed by atoms with Crippen molar-refractivity contribution in [3.8, 4) is 5.75 Å². The van der Waals surface area contributed by atoms with Gasteiger partial charge in [0, 0.05) is 18.1 Å². The minimum atomic E-state index is -3.78. The smallest absolute Gasteiger partial charge is 0.264 e. The van der Waals surface area contributed by atoms with Gasteiger partial charge in [-0.2, -0.15) is 0 Å². The SMILES string of the molecule is O=C(COc1ccccc1)NCCCN(c1ccccc1)S(=O)(=O)c1ccc(Cl)cc1. The fourth-order valence-electron chi connectivity index (χ4n) is 2.88. The van der Waals surface area contributed by atoms with E-state index in [1.165, 1.54) is 16.4 Å². The lowest BCUT2D eigenvalue weighted by Crippen LogP contribution is -2.35. The Labute approximate surface area is 187 Å². The zero-order valence-electron chi connectivity index (χ0n) is 16.8. The van der Waals surface area contributed by atoms with Crippen LogP contribution in [0.2, 0.25) is 5.02 Å². The molecular weight excluding hydrogens is 436 g/mol. The van der Waals surface area contributed by atoms with Gasteiger partial charge in [-0.05, 0) is 55.0 Å². The number of hydrogen-bond acceptors (Lipinski definition) is 4. The van der Waals surface area contributed by atoms with Crippen LogP contribution in [0.3, 0.4) is 0 Å². The largest absolute Gasteiger partial charge is 0.484 e. The number of carbonyl (C=O) groups excluding carboxylic acids is 1. The van der Waals surface area contributed by atoms with E-state index < -0.39 is 10.0 Å². The van der Waals surface area contributed by atoms with Gasteiger partial charge in [-0.3, -0.25) is 9.10 Å². The van der Waals surface area contributed by atoms with Gasteiger partial charge in [0.2, 0.25) is 0 Å². The molecule has 31 heavy (non-hydrogen) atoms. The van der Waals surface area contributed by atoms with E-state index in [0.717, 1.165) is 0 Å². The average molecular weight is 459 g/mol. The van der Waals surface area contributed by atoms with Gasteiger partial charge < -0.3 is 10.1 Å². The van der Waals surface area contributed by atoms with Crippen molar-refractivity contribution in [2.45, 2.75) is 11.3 Å². The molecule has 0 fully saturated rings. The Bertz CT molecular complexity index is 1080. The number of nitrogens with zero attached hydrogens (tertiary/aromatic N) is 1. The third-order valence-electron chi connectivity index (χ3n) is 4.42. The lowest BCUT2D eigenvalue weighted by atomic mass is 10.3. The van der Waals surface area contributed by atoms with Crippen LogP contribution in [-0.4, -0.2) is 34.0 Å². The summed E-state index contributed by atoms with van der Waals surface area (Å²) in [6.45, 7) is 0.417. The maximum absolute atomic E-state index is 13.2. The van der Waals surface area contributed by atoms with E-state index in [1.54, 1.807) is 48.5 Å². The molecular formula is C23H23ClN2O4S. The molecule has 0 atom stereocenters. The molecule has 3 aromatic rings. The summed E-state index contributed by atoms with van der Waals surface area (Å²) in [5, 5.41) is 3.22. The molecule has 1 amide bonds. The van der Waals surface area contributed by atoms with E-state index in [-0.39, 0.29) is 24.0 Å². The molecule has 0 aliphatic heterocycles. The van der Waals surface area contributed by atoms with E-state index in [9.17, 15) is 13.2 Å². The fraction of sp³-hybridized carbons (Fsp3) is 0.174. The standard InChI is InChI=1S/C23H23ClN2O4S/c24-19-12-14-22(15-13-19)31(28,29)26(20-8-3-1-4-9-20)17-7-16-25-23(27)18-30-21-10-5-2-6-11-21/h1-6,8-15H,7,16-18H2,(H,25,27). The van der Waals surface area contributed by atoms with E-state index >= 15 is 0 Å². The number of rotatable bonds is 10. The second-order valence-electron chi connectivity index (χ2n) is 6.67. The summed E-state index contributed by atoms with van der Waals surface area (Å²) in [6, 6.07) is 24.0. The number of amides is 1. The van der Waals surface area contributed by atoms with E-state index in [1.807, 2.05) is 24.3 Å². The zero-order valence-corrected chi connectivity index (χ0v) is 18.4. The molecule has 0 aromatic heterocycles. The molecule has 0 aliphatic carbocycles. The molecule has 0 unspecified atom stereocenters. The number of halogens is 1. The summed E-state index contributed by atoms with van der Waals surface area (Å²) in [7, 11) is -3.78. The van der Waals surface area contributed by atoms with Crippen LogP contribution in [0, 0.1) is 0 Å². The minimum Gasteiger partial charge on any atom is -0.484 e. The number of ether oxygens (including phenoxy) is 1. The predicted octanol–water partition coefficient (Wildman–Crippen LogP) is 4.12. The summed E-state index contributed by atoms with van der Waals surface area (Å²) in [5.41, 5.74) is 0.552. The molecule has 8 heteroatoms. The van der Waals surface area contributed by atoms with Crippen LogP contribution in [0.5, 0.6) is 5.75 Å². The van der Waals surface area contributed by atoms with Crippen molar-refractivity contribution in [1.29, 1.82) is 0 Å². The molecule has 3 rings (SSSR count). The molecule has 0 aliphatic rings. The van der Waals surface area contributed by atoms with Gasteiger partial charge in [-0.15, -0.1) is 0 Å². The van der Waals surface area contributed by atoms with E-state index in [2.05, 4.69) is 5.32 Å². The number of benzene rings is 3. The number of anilines is 1. The summed E-state index contributed by atoms with van der Waals surface area (Å²) < 4.78 is 33.2. The van der Waals surface area contributed by atoms with Crippen LogP contribution in [0.1, 0.15) is 6.42 Å². The highest BCUT2D eigenvalue weighted by atomic mass is 35.5. The quantitative estimate of drug-likeness (QED) is 0.464. The van der Waals surface area contributed by atoms with Crippen LogP contribution in [-0.2, 0) is 14.8 Å². The van der Waals surface area contributed by atoms with Crippen molar-refractivity contribution in [2.24, 2.45) is 0 Å². The summed E-state index contributed by atoms with van der Waals surface area (Å²) in [4.78, 5) is 12.2. The van der Waals surface area contributed by atoms with Gasteiger partial charge >= 0.3 is 0 Å². The first-order valence-corrected chi connectivity index (χ1v) is 11.6. The van der Waals surface area contributed by atoms with Gasteiger partial charge in [0.1, 0.15) is 5.75 Å². The zero-order chi connectivity index (χ0) is 22.1. The lowest BCUT2D eigenvalue weighted by Gasteiger charge is -2.24. The van der Waals surface area contributed by atoms with Crippen molar-refractivity contribution >= 4 is 33.2 Å². The van der Waals surface area contributed by atoms with Gasteiger partial charge in [0.15, 0.2) is 6.61 Å². The van der Waals surface area contributed by atoms with Crippen LogP contribution in [0.15, 0.2) is 89.8 Å². The van der Waals surface area contributed by atoms with Crippen LogP contribution >= 0.6 is 11.6 Å². The maximum Gasteiger partial charge on any atom is 0.264 e. The number of para-hydroxylation sites is 2. The highest BCUT2D eigenvalue weighted by molar-refractivity contribution is 7.92. The number of nitrogens with one attached hydrogen (secondary N) is 1. The Morgan fingerprint density at radius 3 is 2.16 bits per heavy atom. The first-order valence-electron chi connectivity index (χ1n) is 9.75. The van der Waals surface area contributed by atoms with Crippen molar-refractivity contribution in [2.75, 3.05) is 24.0 Å². The summed E-state index contributed by atoms with van der Waals surface area (Å²) in [6.07, 6.45) is 0.429. The molecule has 6 nitrogen and oxygen atoms in total. The van der Waals surface area contributed by atoms with Crippen LogP contribution < -0.4 is 14.4 Å². The molecule has 0 heterocycles. The first kappa shape index (κ1) is 22.7. The monoisotopic (exact) mass is 458 g/mol. The third-order valence-corrected chi connectivity index (χ3v) is 6.51. The lowest BCUT2D eigenvalue weighted by molar-refractivity contribution is -0.123. The Morgan fingerprint density at radius 1 is 0.903 bits per heavy atom. The topological polar surface area (TPSA) is 75.7 Å². The molecule has 3 aromatic carbocycles. The Hall–Kier alpha value is -3.03. The van der Waals surface area contributed by atoms with Gasteiger partial charge in [0.05, 0.1) is 10.6 Å². The number of carbonyl (C=O) groups is 1. The summed E-state index contributed by atoms with van der Waals surface area (Å²) >= 11 is 5.90. The van der Waals surface area contributed by atoms with Gasteiger partial charge in [-0.1, -0.05) is 48.0 Å². The van der Waals surface area contributed by atoms with Crippen molar-refractivity contribution < 1.29 is 17.9 Å². The number of sulfonamides is 1. The second kappa shape index (κ2) is 10.8. The second-order valence-corrected chi connectivity index (χ2v) is 8.97. The van der Waals surface area contributed by atoms with Crippen molar-refractivity contribution in [3.05, 3.63) is 90.0 Å². The van der Waals surface area contributed by atoms with E-state index in [0.29, 0.717) is 29.4 Å². The predicted molar refractivity (Wildman–Crippen MR) is 122 cm³/mol. The molecule has 0 bridgehead atoms. The highest BCUT2D eigenvalue weighted by Crippen LogP contribution is 2.24. The van der Waals surface area contributed by atoms with Crippen molar-refractivity contribution in [3.63, 3.8) is 0 Å². The molecule has 162 valence electrons. The van der Waals surface area contributed by atoms with Crippen LogP contribution in [0.4, 0.5) is 5.69 Å². The van der Waals surface area contributed by atoms with E-state index in [4.69, 9.17) is 16.3 Å². The average Bonchev–Trinajstić information content (AvgIpc) is 2.79. The molecule has 1 N–H and O–H groups in total. The van der Waals surface area contributed by atoms with Crippen LogP contribution in [0.25, 0.3) is 0 Å². The first-order chi connectivity index (χ1) is 15.0. The minimum absolute atomic E-state index is 0.102. The Balaban J connectivity index is 1.59. The Morgan fingerprint density at radius 2 is 1.52 bits per heavy atom. The molecule has 0 radical (unpaired) electrons. The Kier molecular flexibility index (Phi) is 7.92. The number of hydrogen-bond donors (Lipinski definition) is 1. The normalized spacial score (nSPS) is 11.0. The third kappa shape index (κ3) is 6.47. The maximum atomic E-state index is 13.2. The summed E-state index contributed by atoms with van der Waals surface area (Å²) in [5.74, 6) is 0.345. The molecule has 0 saturated carbocycles. The highest BCUT2D eigenvalue weighted by Gasteiger charge is 2.24. The van der Waals surface area contributed by atoms with Gasteiger partial charge in [0.25, 0.3) is 15.9 Å². The fourth-order valence-corrected chi connectivity index (χ4v) is 4.51. The van der Waals surface area contributed by atoms with Gasteiger partial charge in [-0.25, -0.2) is 8.42 Å². The van der Waals surface area contributed by atoms with Crippen molar-refractivity contribution in [1.82, 2.24) is 5.32 Å².